The summed E-state index contributed by atoms with van der Waals surface area (Å²) >= 11 is 0. The van der Waals surface area contributed by atoms with Gasteiger partial charge in [0.15, 0.2) is 0 Å². The topological polar surface area (TPSA) is 32.8 Å². The van der Waals surface area contributed by atoms with E-state index in [1.807, 2.05) is 4.90 Å². The fourth-order valence-electron chi connectivity index (χ4n) is 3.41. The number of piperidine rings is 1. The lowest BCUT2D eigenvalue weighted by Crippen LogP contribution is -2.45. The summed E-state index contributed by atoms with van der Waals surface area (Å²) in [5, 5.41) is 0. The zero-order valence-electron chi connectivity index (χ0n) is 14.0. The van der Waals surface area contributed by atoms with Gasteiger partial charge in [0.1, 0.15) is 5.82 Å². The summed E-state index contributed by atoms with van der Waals surface area (Å²) in [6.07, 6.45) is 5.60. The lowest BCUT2D eigenvalue weighted by molar-refractivity contribution is -0.127. The first kappa shape index (κ1) is 17.1. The molecule has 2 fully saturated rings. The Hall–Kier alpha value is -1.72. The van der Waals surface area contributed by atoms with Gasteiger partial charge in [0.05, 0.1) is 13.2 Å². The maximum Gasteiger partial charge on any atom is 0.246 e. The van der Waals surface area contributed by atoms with Crippen LogP contribution < -0.4 is 0 Å². The van der Waals surface area contributed by atoms with Crippen LogP contribution in [0, 0.1) is 11.7 Å². The summed E-state index contributed by atoms with van der Waals surface area (Å²) in [5.41, 5.74) is 0.839. The van der Waals surface area contributed by atoms with Crippen molar-refractivity contribution in [3.63, 3.8) is 0 Å². The lowest BCUT2D eigenvalue weighted by atomic mass is 9.97. The normalized spacial score (nSPS) is 22.9. The van der Waals surface area contributed by atoms with Crippen molar-refractivity contribution in [3.05, 3.63) is 41.7 Å². The number of likely N-dealkylation sites (tertiary alicyclic amines) is 1. The minimum Gasteiger partial charge on any atom is -0.379 e. The van der Waals surface area contributed by atoms with E-state index in [0.717, 1.165) is 57.9 Å². The molecule has 2 aliphatic heterocycles. The molecule has 1 amide bonds. The highest BCUT2D eigenvalue weighted by Gasteiger charge is 2.24. The third-order valence-electron chi connectivity index (χ3n) is 4.74. The Morgan fingerprint density at radius 1 is 1.21 bits per heavy atom. The van der Waals surface area contributed by atoms with Gasteiger partial charge < -0.3 is 9.64 Å². The van der Waals surface area contributed by atoms with Gasteiger partial charge in [0.2, 0.25) is 5.91 Å². The molecule has 24 heavy (non-hydrogen) atoms. The monoisotopic (exact) mass is 332 g/mol. The first-order valence-corrected chi connectivity index (χ1v) is 8.73. The molecule has 0 aromatic heterocycles. The maximum atomic E-state index is 12.9. The van der Waals surface area contributed by atoms with Crippen molar-refractivity contribution in [3.8, 4) is 0 Å². The van der Waals surface area contributed by atoms with Crippen LogP contribution in [0.1, 0.15) is 18.4 Å². The fraction of sp³-hybridized carbons (Fsp3) is 0.526. The molecule has 0 bridgehead atoms. The van der Waals surface area contributed by atoms with Gasteiger partial charge in [-0.05, 0) is 42.5 Å². The molecule has 4 nitrogen and oxygen atoms in total. The summed E-state index contributed by atoms with van der Waals surface area (Å²) in [5.74, 6) is 0.325. The van der Waals surface area contributed by atoms with E-state index in [2.05, 4.69) is 4.90 Å². The quantitative estimate of drug-likeness (QED) is 0.794. The molecule has 0 radical (unpaired) electrons. The molecule has 2 aliphatic rings. The van der Waals surface area contributed by atoms with E-state index in [9.17, 15) is 9.18 Å². The molecule has 0 spiro atoms. The van der Waals surface area contributed by atoms with Gasteiger partial charge in [-0.15, -0.1) is 0 Å². The summed E-state index contributed by atoms with van der Waals surface area (Å²) in [6, 6.07) is 6.17. The molecule has 1 unspecified atom stereocenters. The number of hydrogen-bond acceptors (Lipinski definition) is 3. The first-order chi connectivity index (χ1) is 11.7. The van der Waals surface area contributed by atoms with Crippen molar-refractivity contribution in [1.82, 2.24) is 9.80 Å². The summed E-state index contributed by atoms with van der Waals surface area (Å²) < 4.78 is 18.3. The second-order valence-corrected chi connectivity index (χ2v) is 6.59. The van der Waals surface area contributed by atoms with E-state index in [4.69, 9.17) is 4.74 Å². The fourth-order valence-corrected chi connectivity index (χ4v) is 3.41. The summed E-state index contributed by atoms with van der Waals surface area (Å²) in [7, 11) is 0. The highest BCUT2D eigenvalue weighted by molar-refractivity contribution is 5.91. The minimum absolute atomic E-state index is 0.0472. The molecule has 3 rings (SSSR count). The number of rotatable bonds is 4. The molecule has 0 N–H and O–H groups in total. The van der Waals surface area contributed by atoms with E-state index in [-0.39, 0.29) is 11.7 Å². The van der Waals surface area contributed by atoms with E-state index in [1.54, 1.807) is 24.3 Å². The van der Waals surface area contributed by atoms with Crippen molar-refractivity contribution in [1.29, 1.82) is 0 Å². The number of benzene rings is 1. The van der Waals surface area contributed by atoms with Gasteiger partial charge in [-0.3, -0.25) is 9.69 Å². The molecule has 5 heteroatoms. The van der Waals surface area contributed by atoms with Crippen molar-refractivity contribution in [2.45, 2.75) is 12.8 Å². The highest BCUT2D eigenvalue weighted by atomic mass is 19.1. The second kappa shape index (κ2) is 8.40. The maximum absolute atomic E-state index is 12.9. The number of carbonyl (C=O) groups is 1. The molecular formula is C19H25FN2O2. The van der Waals surface area contributed by atoms with Crippen molar-refractivity contribution < 1.29 is 13.9 Å². The van der Waals surface area contributed by atoms with Crippen molar-refractivity contribution >= 4 is 12.0 Å². The molecule has 2 heterocycles. The number of nitrogens with zero attached hydrogens (tertiary/aromatic N) is 2. The molecular weight excluding hydrogens is 307 g/mol. The smallest absolute Gasteiger partial charge is 0.246 e. The third kappa shape index (κ3) is 4.89. The van der Waals surface area contributed by atoms with Gasteiger partial charge in [-0.25, -0.2) is 4.39 Å². The van der Waals surface area contributed by atoms with Gasteiger partial charge >= 0.3 is 0 Å². The largest absolute Gasteiger partial charge is 0.379 e. The Bertz CT molecular complexity index is 567. The Labute approximate surface area is 142 Å². The van der Waals surface area contributed by atoms with E-state index in [0.29, 0.717) is 5.92 Å². The summed E-state index contributed by atoms with van der Waals surface area (Å²) in [6.45, 7) is 6.32. The zero-order chi connectivity index (χ0) is 16.8. The number of hydrogen-bond donors (Lipinski definition) is 0. The van der Waals surface area contributed by atoms with Crippen molar-refractivity contribution in [2.75, 3.05) is 45.9 Å². The first-order valence-electron chi connectivity index (χ1n) is 8.73. The molecule has 130 valence electrons. The predicted molar refractivity (Wildman–Crippen MR) is 92.0 cm³/mol. The Balaban J connectivity index is 1.51. The van der Waals surface area contributed by atoms with Gasteiger partial charge in [-0.2, -0.15) is 0 Å². The van der Waals surface area contributed by atoms with Crippen LogP contribution in [0.2, 0.25) is 0 Å². The van der Waals surface area contributed by atoms with Crippen LogP contribution in [0.25, 0.3) is 6.08 Å². The van der Waals surface area contributed by atoms with Crippen LogP contribution in [-0.4, -0.2) is 61.6 Å². The average Bonchev–Trinajstić information content (AvgIpc) is 2.62. The van der Waals surface area contributed by atoms with Crippen LogP contribution in [-0.2, 0) is 9.53 Å². The molecule has 1 atom stereocenters. The summed E-state index contributed by atoms with van der Waals surface area (Å²) in [4.78, 5) is 16.8. The molecule has 0 saturated carbocycles. The van der Waals surface area contributed by atoms with E-state index in [1.165, 1.54) is 18.6 Å². The molecule has 2 saturated heterocycles. The van der Waals surface area contributed by atoms with Gasteiger partial charge in [0.25, 0.3) is 0 Å². The van der Waals surface area contributed by atoms with Crippen LogP contribution in [0.4, 0.5) is 4.39 Å². The molecule has 1 aromatic carbocycles. The zero-order valence-corrected chi connectivity index (χ0v) is 14.0. The minimum atomic E-state index is -0.263. The van der Waals surface area contributed by atoms with Gasteiger partial charge in [0, 0.05) is 38.8 Å². The number of carbonyl (C=O) groups excluding carboxylic acids is 1. The number of morpholine rings is 1. The number of ether oxygens (including phenoxy) is 1. The van der Waals surface area contributed by atoms with E-state index < -0.39 is 0 Å². The Kier molecular flexibility index (Phi) is 5.99. The standard InChI is InChI=1S/C19H25FN2O2/c20-18-6-3-16(4-7-18)5-8-19(23)22-9-1-2-17(15-22)14-21-10-12-24-13-11-21/h3-8,17H,1-2,9-15H2. The molecule has 1 aromatic rings. The van der Waals surface area contributed by atoms with Crippen LogP contribution >= 0.6 is 0 Å². The SMILES string of the molecule is O=C(C=Cc1ccc(F)cc1)N1CCCC(CN2CCOCC2)C1. The molecule has 0 aliphatic carbocycles. The Morgan fingerprint density at radius 2 is 1.96 bits per heavy atom. The second-order valence-electron chi connectivity index (χ2n) is 6.59. The predicted octanol–water partition coefficient (Wildman–Crippen LogP) is 2.41. The van der Waals surface area contributed by atoms with Crippen LogP contribution in [0.15, 0.2) is 30.3 Å². The number of amides is 1. The van der Waals surface area contributed by atoms with Crippen molar-refractivity contribution in [2.24, 2.45) is 5.92 Å². The average molecular weight is 332 g/mol. The van der Waals surface area contributed by atoms with E-state index >= 15 is 0 Å². The lowest BCUT2D eigenvalue weighted by Gasteiger charge is -2.36. The Morgan fingerprint density at radius 3 is 2.71 bits per heavy atom. The van der Waals surface area contributed by atoms with Crippen LogP contribution in [0.5, 0.6) is 0 Å². The van der Waals surface area contributed by atoms with Crippen LogP contribution in [0.3, 0.4) is 0 Å². The third-order valence-corrected chi connectivity index (χ3v) is 4.74. The number of halogens is 1. The van der Waals surface area contributed by atoms with Gasteiger partial charge in [-0.1, -0.05) is 12.1 Å². The highest BCUT2D eigenvalue weighted by Crippen LogP contribution is 2.19.